The number of morpholine rings is 1. The molecule has 3 fully saturated rings. The Balaban J connectivity index is 0.00000272. The molecule has 174 valence electrons. The number of nitrogens with zero attached hydrogens (tertiary/aromatic N) is 6. The van der Waals surface area contributed by atoms with Crippen molar-refractivity contribution in [3.63, 3.8) is 0 Å². The lowest BCUT2D eigenvalue weighted by molar-refractivity contribution is -0.140. The summed E-state index contributed by atoms with van der Waals surface area (Å²) < 4.78 is 7.37. The average Bonchev–Trinajstić information content (AvgIpc) is 3.42. The molecule has 0 radical (unpaired) electrons. The van der Waals surface area contributed by atoms with Crippen LogP contribution in [0.1, 0.15) is 50.2 Å². The number of aliphatic imine (C=N–C) groups is 1. The second-order valence-corrected chi connectivity index (χ2v) is 8.69. The van der Waals surface area contributed by atoms with E-state index in [1.807, 2.05) is 23.4 Å². The molecule has 3 heterocycles. The summed E-state index contributed by atoms with van der Waals surface area (Å²) in [5.41, 5.74) is 0. The van der Waals surface area contributed by atoms with Crippen LogP contribution in [-0.4, -0.2) is 81.9 Å². The van der Waals surface area contributed by atoms with Crippen molar-refractivity contribution >= 4 is 35.8 Å². The van der Waals surface area contributed by atoms with Gasteiger partial charge in [0.05, 0.1) is 13.2 Å². The maximum atomic E-state index is 12.8. The predicted octanol–water partition coefficient (Wildman–Crippen LogP) is 1.70. The highest BCUT2D eigenvalue weighted by molar-refractivity contribution is 14.0. The number of aromatic nitrogens is 3. The highest BCUT2D eigenvalue weighted by atomic mass is 127. The van der Waals surface area contributed by atoms with Crippen LogP contribution in [0.15, 0.2) is 4.99 Å². The third-order valence-corrected chi connectivity index (χ3v) is 6.71. The highest BCUT2D eigenvalue weighted by Gasteiger charge is 2.31. The molecular formula is C21H36IN7O2. The fourth-order valence-corrected chi connectivity index (χ4v) is 4.60. The van der Waals surface area contributed by atoms with Crippen LogP contribution in [0.4, 0.5) is 0 Å². The quantitative estimate of drug-likeness (QED) is 0.352. The molecule has 4 rings (SSSR count). The van der Waals surface area contributed by atoms with Gasteiger partial charge in [-0.15, -0.1) is 34.2 Å². The average molecular weight is 545 g/mol. The summed E-state index contributed by atoms with van der Waals surface area (Å²) >= 11 is 0. The SMILES string of the molecule is Cc1nnc(CN=C(NC2CCCC2)N2CCC(C(=O)N3CCOCC3)CC2)n1C.I. The minimum absolute atomic E-state index is 0. The van der Waals surface area contributed by atoms with Crippen LogP contribution in [0.25, 0.3) is 0 Å². The molecule has 1 aliphatic carbocycles. The Kier molecular flexibility index (Phi) is 8.94. The van der Waals surface area contributed by atoms with Crippen molar-refractivity contribution in [2.24, 2.45) is 18.0 Å². The lowest BCUT2D eigenvalue weighted by atomic mass is 9.95. The maximum absolute atomic E-state index is 12.8. The zero-order valence-electron chi connectivity index (χ0n) is 18.8. The van der Waals surface area contributed by atoms with Gasteiger partial charge in [-0.25, -0.2) is 4.99 Å². The molecule has 9 nitrogen and oxygen atoms in total. The summed E-state index contributed by atoms with van der Waals surface area (Å²) in [5.74, 6) is 3.14. The monoisotopic (exact) mass is 545 g/mol. The Morgan fingerprint density at radius 3 is 2.35 bits per heavy atom. The predicted molar refractivity (Wildman–Crippen MR) is 129 cm³/mol. The molecule has 1 amide bonds. The fraction of sp³-hybridized carbons (Fsp3) is 0.810. The molecule has 1 N–H and O–H groups in total. The fourth-order valence-electron chi connectivity index (χ4n) is 4.60. The number of carbonyl (C=O) groups excluding carboxylic acids is 1. The Hall–Kier alpha value is -1.43. The van der Waals surface area contributed by atoms with Crippen LogP contribution in [0.5, 0.6) is 0 Å². The van der Waals surface area contributed by atoms with E-state index in [0.717, 1.165) is 56.6 Å². The van der Waals surface area contributed by atoms with E-state index in [1.165, 1.54) is 25.7 Å². The van der Waals surface area contributed by atoms with E-state index in [-0.39, 0.29) is 29.9 Å². The van der Waals surface area contributed by atoms with Gasteiger partial charge in [-0.3, -0.25) is 4.79 Å². The molecule has 2 aliphatic heterocycles. The summed E-state index contributed by atoms with van der Waals surface area (Å²) in [6.45, 7) is 6.96. The molecule has 1 aromatic heterocycles. The molecule has 10 heteroatoms. The Morgan fingerprint density at radius 1 is 1.06 bits per heavy atom. The van der Waals surface area contributed by atoms with Crippen molar-refractivity contribution in [1.29, 1.82) is 0 Å². The van der Waals surface area contributed by atoms with Gasteiger partial charge < -0.3 is 24.4 Å². The first-order chi connectivity index (χ1) is 14.6. The third-order valence-electron chi connectivity index (χ3n) is 6.71. The Labute approximate surface area is 202 Å². The minimum atomic E-state index is 0. The van der Waals surface area contributed by atoms with Gasteiger partial charge in [0.15, 0.2) is 11.8 Å². The number of likely N-dealkylation sites (tertiary alicyclic amines) is 1. The van der Waals surface area contributed by atoms with E-state index in [1.54, 1.807) is 0 Å². The first-order valence-corrected chi connectivity index (χ1v) is 11.4. The van der Waals surface area contributed by atoms with Gasteiger partial charge in [0.25, 0.3) is 0 Å². The zero-order chi connectivity index (χ0) is 20.9. The first-order valence-electron chi connectivity index (χ1n) is 11.4. The second kappa shape index (κ2) is 11.4. The van der Waals surface area contributed by atoms with Crippen LogP contribution in [0, 0.1) is 12.8 Å². The summed E-state index contributed by atoms with van der Waals surface area (Å²) in [6.07, 6.45) is 6.73. The van der Waals surface area contributed by atoms with Crippen molar-refractivity contribution in [3.8, 4) is 0 Å². The van der Waals surface area contributed by atoms with Crippen LogP contribution in [0.2, 0.25) is 0 Å². The topological polar surface area (TPSA) is 87.9 Å². The molecule has 0 atom stereocenters. The molecule has 1 aromatic rings. The number of hydrogen-bond acceptors (Lipinski definition) is 5. The molecule has 0 bridgehead atoms. The molecule has 31 heavy (non-hydrogen) atoms. The van der Waals surface area contributed by atoms with E-state index in [9.17, 15) is 4.79 Å². The van der Waals surface area contributed by atoms with Crippen molar-refractivity contribution < 1.29 is 9.53 Å². The summed E-state index contributed by atoms with van der Waals surface area (Å²) in [4.78, 5) is 22.1. The van der Waals surface area contributed by atoms with Crippen molar-refractivity contribution in [2.45, 2.75) is 58.0 Å². The normalized spacial score (nSPS) is 21.3. The summed E-state index contributed by atoms with van der Waals surface area (Å²) in [6, 6.07) is 0.498. The summed E-state index contributed by atoms with van der Waals surface area (Å²) in [5, 5.41) is 12.1. The molecule has 1 saturated carbocycles. The number of rotatable bonds is 4. The third kappa shape index (κ3) is 6.09. The molecule has 0 unspecified atom stereocenters. The van der Waals surface area contributed by atoms with Crippen LogP contribution < -0.4 is 5.32 Å². The van der Waals surface area contributed by atoms with E-state index in [2.05, 4.69) is 20.4 Å². The van der Waals surface area contributed by atoms with E-state index < -0.39 is 0 Å². The highest BCUT2D eigenvalue weighted by Crippen LogP contribution is 2.22. The van der Waals surface area contributed by atoms with Gasteiger partial charge in [-0.05, 0) is 32.6 Å². The van der Waals surface area contributed by atoms with Gasteiger partial charge in [-0.1, -0.05) is 12.8 Å². The van der Waals surface area contributed by atoms with E-state index >= 15 is 0 Å². The molecular weight excluding hydrogens is 509 g/mol. The largest absolute Gasteiger partial charge is 0.378 e. The lowest BCUT2D eigenvalue weighted by Gasteiger charge is -2.37. The Bertz CT molecular complexity index is 749. The molecule has 3 aliphatic rings. The smallest absolute Gasteiger partial charge is 0.225 e. The van der Waals surface area contributed by atoms with Crippen LogP contribution in [-0.2, 0) is 23.1 Å². The number of amides is 1. The van der Waals surface area contributed by atoms with Gasteiger partial charge in [-0.2, -0.15) is 0 Å². The van der Waals surface area contributed by atoms with Crippen molar-refractivity contribution in [2.75, 3.05) is 39.4 Å². The first kappa shape index (κ1) is 24.2. The number of aryl methyl sites for hydroxylation is 1. The number of piperidine rings is 1. The number of carbonyl (C=O) groups is 1. The second-order valence-electron chi connectivity index (χ2n) is 8.69. The molecule has 2 saturated heterocycles. The molecule has 0 spiro atoms. The van der Waals surface area contributed by atoms with Crippen molar-refractivity contribution in [1.82, 2.24) is 29.9 Å². The number of halogens is 1. The Morgan fingerprint density at radius 2 is 1.74 bits per heavy atom. The van der Waals surface area contributed by atoms with Crippen LogP contribution in [0.3, 0.4) is 0 Å². The maximum Gasteiger partial charge on any atom is 0.225 e. The number of ether oxygens (including phenoxy) is 1. The van der Waals surface area contributed by atoms with Gasteiger partial charge in [0, 0.05) is 45.2 Å². The number of nitrogens with one attached hydrogen (secondary N) is 1. The zero-order valence-corrected chi connectivity index (χ0v) is 21.1. The van der Waals surface area contributed by atoms with Gasteiger partial charge >= 0.3 is 0 Å². The number of hydrogen-bond donors (Lipinski definition) is 1. The standard InChI is InChI=1S/C21H35N7O2.HI/c1-16-24-25-19(26(16)2)15-22-21(23-18-5-3-4-6-18)28-9-7-17(8-10-28)20(29)27-11-13-30-14-12-27;/h17-18H,3-15H2,1-2H3,(H,22,23);1H. The van der Waals surface area contributed by atoms with Crippen molar-refractivity contribution in [3.05, 3.63) is 11.6 Å². The number of guanidine groups is 1. The lowest BCUT2D eigenvalue weighted by Crippen LogP contribution is -2.51. The van der Waals surface area contributed by atoms with Gasteiger partial charge in [0.1, 0.15) is 12.4 Å². The summed E-state index contributed by atoms with van der Waals surface area (Å²) in [7, 11) is 1.98. The minimum Gasteiger partial charge on any atom is -0.378 e. The molecule has 0 aromatic carbocycles. The van der Waals surface area contributed by atoms with Crippen LogP contribution >= 0.6 is 24.0 Å². The van der Waals surface area contributed by atoms with Gasteiger partial charge in [0.2, 0.25) is 5.91 Å². The van der Waals surface area contributed by atoms with E-state index in [0.29, 0.717) is 31.7 Å². The van der Waals surface area contributed by atoms with E-state index in [4.69, 9.17) is 9.73 Å².